The standard InChI is InChI=1S/C10H9NS2.2C2H6/c1-12-10-5-4-9(13-10)8-3-2-6-11-7-8;2*1-2/h2-7H,1H3;2*1-2H3. The van der Waals surface area contributed by atoms with Crippen molar-refractivity contribution in [3.8, 4) is 10.4 Å². The molecule has 0 radical (unpaired) electrons. The average Bonchev–Trinajstić information content (AvgIpc) is 2.93. The molecule has 3 heteroatoms. The molecule has 0 aliphatic rings. The molecular weight excluding hydrogens is 246 g/mol. The van der Waals surface area contributed by atoms with E-state index in [1.807, 2.05) is 51.3 Å². The summed E-state index contributed by atoms with van der Waals surface area (Å²) in [7, 11) is 0. The van der Waals surface area contributed by atoms with E-state index < -0.39 is 0 Å². The highest BCUT2D eigenvalue weighted by Crippen LogP contribution is 2.32. The minimum absolute atomic E-state index is 1.20. The Morgan fingerprint density at radius 2 is 1.76 bits per heavy atom. The van der Waals surface area contributed by atoms with Crippen molar-refractivity contribution in [3.05, 3.63) is 36.7 Å². The highest BCUT2D eigenvalue weighted by Gasteiger charge is 2.00. The Morgan fingerprint density at radius 3 is 2.24 bits per heavy atom. The molecule has 2 heterocycles. The number of aromatic nitrogens is 1. The minimum atomic E-state index is 1.20. The molecule has 0 aliphatic carbocycles. The van der Waals surface area contributed by atoms with Gasteiger partial charge in [-0.1, -0.05) is 33.8 Å². The lowest BCUT2D eigenvalue weighted by molar-refractivity contribution is 1.33. The molecule has 2 aromatic rings. The van der Waals surface area contributed by atoms with Crippen LogP contribution in [0.25, 0.3) is 10.4 Å². The quantitative estimate of drug-likeness (QED) is 0.658. The van der Waals surface area contributed by atoms with Gasteiger partial charge < -0.3 is 0 Å². The fourth-order valence-corrected chi connectivity index (χ4v) is 2.63. The number of hydrogen-bond acceptors (Lipinski definition) is 3. The van der Waals surface area contributed by atoms with E-state index in [-0.39, 0.29) is 0 Å². The van der Waals surface area contributed by atoms with E-state index in [1.54, 1.807) is 18.0 Å². The molecule has 2 aromatic heterocycles. The Bertz CT molecular complexity index is 382. The zero-order chi connectivity index (χ0) is 13.1. The van der Waals surface area contributed by atoms with Gasteiger partial charge in [0.1, 0.15) is 0 Å². The minimum Gasteiger partial charge on any atom is -0.264 e. The second kappa shape index (κ2) is 10.4. The van der Waals surface area contributed by atoms with Crippen LogP contribution in [0, 0.1) is 0 Å². The van der Waals surface area contributed by atoms with E-state index >= 15 is 0 Å². The molecule has 0 aromatic carbocycles. The van der Waals surface area contributed by atoms with Gasteiger partial charge in [0, 0.05) is 22.8 Å². The van der Waals surface area contributed by atoms with Crippen LogP contribution in [-0.4, -0.2) is 11.2 Å². The number of thiophene rings is 1. The Hall–Kier alpha value is -0.800. The second-order valence-corrected chi connectivity index (χ2v) is 4.75. The van der Waals surface area contributed by atoms with Gasteiger partial charge in [0.05, 0.1) is 4.21 Å². The Balaban J connectivity index is 0.000000581. The van der Waals surface area contributed by atoms with Crippen LogP contribution < -0.4 is 0 Å². The van der Waals surface area contributed by atoms with Gasteiger partial charge in [-0.15, -0.1) is 23.1 Å². The third-order valence-corrected chi connectivity index (χ3v) is 3.95. The predicted molar refractivity (Wildman–Crippen MR) is 82.0 cm³/mol. The number of rotatable bonds is 2. The maximum absolute atomic E-state index is 4.10. The van der Waals surface area contributed by atoms with Gasteiger partial charge in [0.2, 0.25) is 0 Å². The van der Waals surface area contributed by atoms with Gasteiger partial charge in [-0.05, 0) is 24.5 Å². The zero-order valence-corrected chi connectivity index (χ0v) is 12.9. The Kier molecular flexibility index (Phi) is 9.87. The first kappa shape index (κ1) is 16.2. The van der Waals surface area contributed by atoms with Gasteiger partial charge in [-0.3, -0.25) is 4.98 Å². The maximum Gasteiger partial charge on any atom is 0.0602 e. The van der Waals surface area contributed by atoms with Crippen molar-refractivity contribution in [1.29, 1.82) is 0 Å². The maximum atomic E-state index is 4.10. The van der Waals surface area contributed by atoms with Crippen LogP contribution in [0.5, 0.6) is 0 Å². The summed E-state index contributed by atoms with van der Waals surface area (Å²) in [6.07, 6.45) is 5.79. The molecular formula is C14H21NS2. The average molecular weight is 267 g/mol. The summed E-state index contributed by atoms with van der Waals surface area (Å²) >= 11 is 3.59. The van der Waals surface area contributed by atoms with Gasteiger partial charge in [-0.2, -0.15) is 0 Å². The van der Waals surface area contributed by atoms with Crippen molar-refractivity contribution < 1.29 is 0 Å². The summed E-state index contributed by atoms with van der Waals surface area (Å²) in [5.41, 5.74) is 1.20. The first-order valence-electron chi connectivity index (χ1n) is 5.94. The Morgan fingerprint density at radius 1 is 1.06 bits per heavy atom. The predicted octanol–water partition coefficient (Wildman–Crippen LogP) is 5.58. The highest BCUT2D eigenvalue weighted by molar-refractivity contribution is 8.00. The molecule has 0 aliphatic heterocycles. The molecule has 0 atom stereocenters. The molecule has 0 amide bonds. The molecule has 2 rings (SSSR count). The van der Waals surface area contributed by atoms with Crippen molar-refractivity contribution >= 4 is 23.1 Å². The third kappa shape index (κ3) is 5.37. The molecule has 17 heavy (non-hydrogen) atoms. The van der Waals surface area contributed by atoms with Gasteiger partial charge in [-0.25, -0.2) is 0 Å². The van der Waals surface area contributed by atoms with Crippen LogP contribution in [0.2, 0.25) is 0 Å². The van der Waals surface area contributed by atoms with Crippen LogP contribution in [0.15, 0.2) is 40.9 Å². The summed E-state index contributed by atoms with van der Waals surface area (Å²) in [6.45, 7) is 8.00. The molecule has 0 saturated carbocycles. The molecule has 94 valence electrons. The van der Waals surface area contributed by atoms with Gasteiger partial charge in [0.15, 0.2) is 0 Å². The Labute approximate surface area is 113 Å². The van der Waals surface area contributed by atoms with Crippen LogP contribution in [0.4, 0.5) is 0 Å². The van der Waals surface area contributed by atoms with E-state index in [0.29, 0.717) is 0 Å². The fourth-order valence-electron chi connectivity index (χ4n) is 1.09. The number of hydrogen-bond donors (Lipinski definition) is 0. The smallest absolute Gasteiger partial charge is 0.0602 e. The topological polar surface area (TPSA) is 12.9 Å². The molecule has 0 spiro atoms. The molecule has 0 saturated heterocycles. The lowest BCUT2D eigenvalue weighted by atomic mass is 10.2. The van der Waals surface area contributed by atoms with Crippen molar-refractivity contribution in [2.75, 3.05) is 6.26 Å². The summed E-state index contributed by atoms with van der Waals surface area (Å²) in [5, 5.41) is 0. The van der Waals surface area contributed by atoms with Gasteiger partial charge >= 0.3 is 0 Å². The summed E-state index contributed by atoms with van der Waals surface area (Å²) in [6, 6.07) is 8.35. The van der Waals surface area contributed by atoms with Crippen molar-refractivity contribution in [2.45, 2.75) is 31.9 Å². The largest absolute Gasteiger partial charge is 0.264 e. The second-order valence-electron chi connectivity index (χ2n) is 2.56. The van der Waals surface area contributed by atoms with Crippen LogP contribution >= 0.6 is 23.1 Å². The highest BCUT2D eigenvalue weighted by atomic mass is 32.2. The van der Waals surface area contributed by atoms with E-state index in [9.17, 15) is 0 Å². The van der Waals surface area contributed by atoms with E-state index in [0.717, 1.165) is 0 Å². The zero-order valence-electron chi connectivity index (χ0n) is 11.2. The van der Waals surface area contributed by atoms with E-state index in [2.05, 4.69) is 29.4 Å². The van der Waals surface area contributed by atoms with Crippen molar-refractivity contribution in [2.24, 2.45) is 0 Å². The van der Waals surface area contributed by atoms with Crippen LogP contribution in [0.3, 0.4) is 0 Å². The van der Waals surface area contributed by atoms with Crippen molar-refractivity contribution in [3.63, 3.8) is 0 Å². The first-order chi connectivity index (χ1) is 8.40. The molecule has 0 bridgehead atoms. The number of nitrogens with zero attached hydrogens (tertiary/aromatic N) is 1. The van der Waals surface area contributed by atoms with Gasteiger partial charge in [0.25, 0.3) is 0 Å². The van der Waals surface area contributed by atoms with E-state index in [1.165, 1.54) is 14.6 Å². The molecule has 1 nitrogen and oxygen atoms in total. The monoisotopic (exact) mass is 267 g/mol. The van der Waals surface area contributed by atoms with Crippen molar-refractivity contribution in [1.82, 2.24) is 4.98 Å². The lowest BCUT2D eigenvalue weighted by Gasteiger charge is -1.93. The summed E-state index contributed by atoms with van der Waals surface area (Å²) in [4.78, 5) is 5.39. The van der Waals surface area contributed by atoms with Crippen LogP contribution in [0.1, 0.15) is 27.7 Å². The third-order valence-electron chi connectivity index (χ3n) is 1.73. The lowest BCUT2D eigenvalue weighted by Crippen LogP contribution is -1.72. The summed E-state index contributed by atoms with van der Waals surface area (Å²) in [5.74, 6) is 0. The van der Waals surface area contributed by atoms with E-state index in [4.69, 9.17) is 0 Å². The first-order valence-corrected chi connectivity index (χ1v) is 7.98. The van der Waals surface area contributed by atoms with Crippen LogP contribution in [-0.2, 0) is 0 Å². The SMILES string of the molecule is CC.CC.CSc1ccc(-c2cccnc2)s1. The number of thioether (sulfide) groups is 1. The fraction of sp³-hybridized carbons (Fsp3) is 0.357. The molecule has 0 fully saturated rings. The summed E-state index contributed by atoms with van der Waals surface area (Å²) < 4.78 is 1.35. The number of pyridine rings is 1. The molecule has 0 unspecified atom stereocenters. The normalized spacial score (nSPS) is 8.53. The molecule has 0 N–H and O–H groups in total.